The Morgan fingerprint density at radius 2 is 2.19 bits per heavy atom. The van der Waals surface area contributed by atoms with Gasteiger partial charge in [0.1, 0.15) is 11.6 Å². The van der Waals surface area contributed by atoms with E-state index in [0.29, 0.717) is 34.6 Å². The molecule has 2 N–H and O–H groups in total. The highest BCUT2D eigenvalue weighted by Gasteiger charge is 2.32. The van der Waals surface area contributed by atoms with E-state index in [1.54, 1.807) is 0 Å². The van der Waals surface area contributed by atoms with Gasteiger partial charge in [0.2, 0.25) is 5.91 Å². The topological polar surface area (TPSA) is 84.1 Å². The highest BCUT2D eigenvalue weighted by atomic mass is 32.2. The average molecular weight is 369 g/mol. The summed E-state index contributed by atoms with van der Waals surface area (Å²) >= 11 is 1.24. The molecule has 2 aromatic rings. The number of terminal acetylenes is 1. The monoisotopic (exact) mass is 369 g/mol. The molecular formula is C19H19N3O3S. The van der Waals surface area contributed by atoms with Gasteiger partial charge in [0.05, 0.1) is 17.9 Å². The minimum atomic E-state index is -0.408. The predicted octanol–water partition coefficient (Wildman–Crippen LogP) is 2.76. The van der Waals surface area contributed by atoms with Gasteiger partial charge in [-0.25, -0.2) is 4.98 Å². The van der Waals surface area contributed by atoms with E-state index in [0.717, 1.165) is 12.0 Å². The van der Waals surface area contributed by atoms with Crippen LogP contribution >= 0.6 is 11.8 Å². The minimum absolute atomic E-state index is 0.168. The molecule has 1 aliphatic rings. The Morgan fingerprint density at radius 3 is 2.96 bits per heavy atom. The minimum Gasteiger partial charge on any atom is -0.493 e. The van der Waals surface area contributed by atoms with Gasteiger partial charge in [0.15, 0.2) is 5.16 Å². The number of thioether (sulfide) groups is 1. The lowest BCUT2D eigenvalue weighted by Gasteiger charge is -2.26. The number of nitrogens with one attached hydrogen (secondary N) is 2. The highest BCUT2D eigenvalue weighted by molar-refractivity contribution is 7.99. The number of aromatic amines is 1. The van der Waals surface area contributed by atoms with Gasteiger partial charge in [-0.2, -0.15) is 0 Å². The number of carbonyl (C=O) groups is 1. The number of aromatic nitrogens is 2. The van der Waals surface area contributed by atoms with Crippen molar-refractivity contribution in [3.8, 4) is 18.1 Å². The molecule has 2 heterocycles. The maximum atomic E-state index is 12.7. The van der Waals surface area contributed by atoms with E-state index in [9.17, 15) is 9.59 Å². The molecule has 1 aromatic heterocycles. The maximum Gasteiger partial charge on any atom is 0.257 e. The average Bonchev–Trinajstić information content (AvgIpc) is 2.64. The fraction of sp³-hybridized carbons (Fsp3) is 0.316. The Morgan fingerprint density at radius 1 is 1.38 bits per heavy atom. The molecule has 0 saturated carbocycles. The van der Waals surface area contributed by atoms with Gasteiger partial charge in [0, 0.05) is 17.9 Å². The van der Waals surface area contributed by atoms with Crippen molar-refractivity contribution in [1.29, 1.82) is 0 Å². The SMILES string of the molecule is C#CCSc1nc2c(c(=O)[nH]1)[C@@H](c1ccccc1OCCC)CC(=O)N2. The first kappa shape index (κ1) is 18.1. The van der Waals surface area contributed by atoms with Crippen molar-refractivity contribution in [3.63, 3.8) is 0 Å². The Balaban J connectivity index is 2.06. The van der Waals surface area contributed by atoms with Gasteiger partial charge in [-0.1, -0.05) is 42.8 Å². The van der Waals surface area contributed by atoms with Crippen LogP contribution in [0.3, 0.4) is 0 Å². The molecule has 0 bridgehead atoms. The van der Waals surface area contributed by atoms with E-state index < -0.39 is 5.92 Å². The smallest absolute Gasteiger partial charge is 0.257 e. The van der Waals surface area contributed by atoms with E-state index >= 15 is 0 Å². The summed E-state index contributed by atoms with van der Waals surface area (Å²) in [4.78, 5) is 32.1. The molecule has 0 radical (unpaired) electrons. The van der Waals surface area contributed by atoms with Gasteiger partial charge in [0.25, 0.3) is 5.56 Å². The van der Waals surface area contributed by atoms with E-state index in [4.69, 9.17) is 11.2 Å². The summed E-state index contributed by atoms with van der Waals surface area (Å²) < 4.78 is 5.82. The standard InChI is InChI=1S/C19H19N3O3S/c1-3-9-25-14-8-6-5-7-12(14)13-11-15(23)20-17-16(13)18(24)22-19(21-17)26-10-4-2/h2,5-8,13H,3,9-11H2,1H3,(H2,20,21,22,23,24)/t13-/m1/s1. The number of anilines is 1. The van der Waals surface area contributed by atoms with Crippen LogP contribution in [0.15, 0.2) is 34.2 Å². The molecule has 0 aliphatic carbocycles. The van der Waals surface area contributed by atoms with Crippen LogP contribution in [-0.2, 0) is 4.79 Å². The second-order valence-electron chi connectivity index (χ2n) is 5.82. The number of amides is 1. The summed E-state index contributed by atoms with van der Waals surface area (Å²) in [5, 5.41) is 3.10. The van der Waals surface area contributed by atoms with Gasteiger partial charge < -0.3 is 15.0 Å². The number of ether oxygens (including phenoxy) is 1. The summed E-state index contributed by atoms with van der Waals surface area (Å²) in [7, 11) is 0. The molecule has 3 rings (SSSR count). The molecule has 6 nitrogen and oxygen atoms in total. The second-order valence-corrected chi connectivity index (χ2v) is 6.78. The molecule has 1 atom stereocenters. The van der Waals surface area contributed by atoms with Gasteiger partial charge in [-0.3, -0.25) is 9.59 Å². The van der Waals surface area contributed by atoms with Crippen LogP contribution in [0.4, 0.5) is 5.82 Å². The summed E-state index contributed by atoms with van der Waals surface area (Å²) in [6.45, 7) is 2.59. The van der Waals surface area contributed by atoms with Crippen LogP contribution in [0.2, 0.25) is 0 Å². The van der Waals surface area contributed by atoms with Crippen molar-refractivity contribution in [2.45, 2.75) is 30.8 Å². The van der Waals surface area contributed by atoms with Crippen LogP contribution in [0.1, 0.15) is 36.8 Å². The Kier molecular flexibility index (Phi) is 5.64. The van der Waals surface area contributed by atoms with Crippen LogP contribution in [-0.4, -0.2) is 28.2 Å². The first-order valence-electron chi connectivity index (χ1n) is 8.36. The third-order valence-corrected chi connectivity index (χ3v) is 4.76. The zero-order chi connectivity index (χ0) is 18.5. The Hall–Kier alpha value is -2.72. The van der Waals surface area contributed by atoms with Crippen LogP contribution in [0.25, 0.3) is 0 Å². The summed E-state index contributed by atoms with van der Waals surface area (Å²) in [5.41, 5.74) is 0.986. The normalized spacial score (nSPS) is 15.7. The lowest BCUT2D eigenvalue weighted by atomic mass is 9.86. The molecule has 1 amide bonds. The largest absolute Gasteiger partial charge is 0.493 e. The maximum absolute atomic E-state index is 12.7. The number of H-pyrrole nitrogens is 1. The summed E-state index contributed by atoms with van der Waals surface area (Å²) in [5.74, 6) is 3.25. The molecule has 7 heteroatoms. The van der Waals surface area contributed by atoms with Crippen molar-refractivity contribution >= 4 is 23.5 Å². The van der Waals surface area contributed by atoms with Crippen molar-refractivity contribution in [2.24, 2.45) is 0 Å². The van der Waals surface area contributed by atoms with Crippen molar-refractivity contribution < 1.29 is 9.53 Å². The Bertz CT molecular complexity index is 917. The highest BCUT2D eigenvalue weighted by Crippen LogP contribution is 2.38. The molecule has 1 aliphatic heterocycles. The number of hydrogen-bond acceptors (Lipinski definition) is 5. The molecule has 0 spiro atoms. The fourth-order valence-corrected chi connectivity index (χ4v) is 3.45. The first-order chi connectivity index (χ1) is 12.6. The molecule has 0 saturated heterocycles. The number of para-hydroxylation sites is 1. The third-order valence-electron chi connectivity index (χ3n) is 3.98. The summed E-state index contributed by atoms with van der Waals surface area (Å²) in [6.07, 6.45) is 6.29. The molecular weight excluding hydrogens is 350 g/mol. The van der Waals surface area contributed by atoms with Crippen LogP contribution in [0.5, 0.6) is 5.75 Å². The molecule has 26 heavy (non-hydrogen) atoms. The van der Waals surface area contributed by atoms with Gasteiger partial charge in [-0.05, 0) is 12.5 Å². The second kappa shape index (κ2) is 8.11. The molecule has 1 aromatic carbocycles. The van der Waals surface area contributed by atoms with E-state index in [2.05, 4.69) is 21.2 Å². The van der Waals surface area contributed by atoms with Gasteiger partial charge in [-0.15, -0.1) is 6.42 Å². The summed E-state index contributed by atoms with van der Waals surface area (Å²) in [6, 6.07) is 7.49. The van der Waals surface area contributed by atoms with Gasteiger partial charge >= 0.3 is 0 Å². The van der Waals surface area contributed by atoms with E-state index in [-0.39, 0.29) is 17.9 Å². The number of carbonyl (C=O) groups excluding carboxylic acids is 1. The van der Waals surface area contributed by atoms with Crippen molar-refractivity contribution in [2.75, 3.05) is 17.7 Å². The number of fused-ring (bicyclic) bond motifs is 1. The molecule has 134 valence electrons. The number of rotatable bonds is 6. The van der Waals surface area contributed by atoms with E-state index in [1.165, 1.54) is 11.8 Å². The van der Waals surface area contributed by atoms with Crippen LogP contribution < -0.4 is 15.6 Å². The Labute approximate surface area is 155 Å². The number of hydrogen-bond donors (Lipinski definition) is 2. The van der Waals surface area contributed by atoms with Crippen LogP contribution in [0, 0.1) is 12.3 Å². The van der Waals surface area contributed by atoms with Crippen molar-refractivity contribution in [3.05, 3.63) is 45.7 Å². The first-order valence-corrected chi connectivity index (χ1v) is 9.34. The van der Waals surface area contributed by atoms with Crippen molar-refractivity contribution in [1.82, 2.24) is 9.97 Å². The third kappa shape index (κ3) is 3.75. The van der Waals surface area contributed by atoms with E-state index in [1.807, 2.05) is 31.2 Å². The lowest BCUT2D eigenvalue weighted by Crippen LogP contribution is -2.31. The lowest BCUT2D eigenvalue weighted by molar-refractivity contribution is -0.116. The number of nitrogens with zero attached hydrogens (tertiary/aromatic N) is 1. The zero-order valence-corrected chi connectivity index (χ0v) is 15.2. The molecule has 0 unspecified atom stereocenters. The molecule has 0 fully saturated rings. The fourth-order valence-electron chi connectivity index (χ4n) is 2.91. The zero-order valence-electron chi connectivity index (χ0n) is 14.4. The number of benzene rings is 1. The predicted molar refractivity (Wildman–Crippen MR) is 102 cm³/mol. The quantitative estimate of drug-likeness (QED) is 0.465.